The van der Waals surface area contributed by atoms with E-state index in [2.05, 4.69) is 22.8 Å². The number of nitrogens with two attached hydrogens (primary N) is 1. The van der Waals surface area contributed by atoms with E-state index in [0.29, 0.717) is 6.04 Å². The fourth-order valence-electron chi connectivity index (χ4n) is 1.93. The zero-order valence-electron chi connectivity index (χ0n) is 8.82. The molecule has 0 bridgehead atoms. The molecular weight excluding hydrogens is 174 g/mol. The van der Waals surface area contributed by atoms with Gasteiger partial charge in [-0.25, -0.2) is 0 Å². The van der Waals surface area contributed by atoms with Crippen LogP contribution in [0.25, 0.3) is 0 Å². The maximum Gasteiger partial charge on any atom is 0.0492 e. The van der Waals surface area contributed by atoms with Crippen LogP contribution in [0, 0.1) is 5.92 Å². The Morgan fingerprint density at radius 2 is 2.43 bits per heavy atom. The lowest BCUT2D eigenvalue weighted by molar-refractivity contribution is 0.527. The first kappa shape index (κ1) is 9.71. The molecule has 78 valence electrons. The highest BCUT2D eigenvalue weighted by Crippen LogP contribution is 2.33. The topological polar surface area (TPSA) is 43.8 Å². The van der Waals surface area contributed by atoms with Gasteiger partial charge in [0, 0.05) is 24.5 Å². The molecule has 0 aromatic carbocycles. The SMILES string of the molecule is CCn1nccc1CCC(N)C1CC1. The summed E-state index contributed by atoms with van der Waals surface area (Å²) in [5.74, 6) is 0.813. The summed E-state index contributed by atoms with van der Waals surface area (Å²) >= 11 is 0. The molecule has 0 radical (unpaired) electrons. The fourth-order valence-corrected chi connectivity index (χ4v) is 1.93. The molecule has 0 spiro atoms. The molecule has 3 nitrogen and oxygen atoms in total. The van der Waals surface area contributed by atoms with Crippen molar-refractivity contribution in [1.29, 1.82) is 0 Å². The van der Waals surface area contributed by atoms with Gasteiger partial charge in [0.05, 0.1) is 0 Å². The molecule has 1 atom stereocenters. The molecule has 14 heavy (non-hydrogen) atoms. The Balaban J connectivity index is 1.84. The molecule has 1 aliphatic rings. The smallest absolute Gasteiger partial charge is 0.0492 e. The summed E-state index contributed by atoms with van der Waals surface area (Å²) in [6, 6.07) is 2.51. The van der Waals surface area contributed by atoms with E-state index < -0.39 is 0 Å². The number of hydrogen-bond donors (Lipinski definition) is 1. The summed E-state index contributed by atoms with van der Waals surface area (Å²) in [4.78, 5) is 0. The van der Waals surface area contributed by atoms with Gasteiger partial charge in [-0.05, 0) is 44.6 Å². The van der Waals surface area contributed by atoms with Crippen molar-refractivity contribution in [3.05, 3.63) is 18.0 Å². The summed E-state index contributed by atoms with van der Waals surface area (Å²) < 4.78 is 2.06. The van der Waals surface area contributed by atoms with Gasteiger partial charge in [-0.2, -0.15) is 5.10 Å². The van der Waals surface area contributed by atoms with E-state index in [0.717, 1.165) is 25.3 Å². The lowest BCUT2D eigenvalue weighted by Gasteiger charge is -2.10. The highest BCUT2D eigenvalue weighted by atomic mass is 15.3. The Hall–Kier alpha value is -0.830. The van der Waals surface area contributed by atoms with Crippen LogP contribution in [0.4, 0.5) is 0 Å². The molecule has 1 fully saturated rings. The molecule has 1 aromatic heterocycles. The molecule has 0 aliphatic heterocycles. The largest absolute Gasteiger partial charge is 0.327 e. The van der Waals surface area contributed by atoms with Crippen molar-refractivity contribution < 1.29 is 0 Å². The van der Waals surface area contributed by atoms with Gasteiger partial charge in [-0.15, -0.1) is 0 Å². The van der Waals surface area contributed by atoms with Crippen molar-refractivity contribution in [3.63, 3.8) is 0 Å². The third kappa shape index (κ3) is 2.15. The van der Waals surface area contributed by atoms with E-state index >= 15 is 0 Å². The normalized spacial score (nSPS) is 18.4. The van der Waals surface area contributed by atoms with Crippen LogP contribution in [0.2, 0.25) is 0 Å². The number of rotatable bonds is 5. The molecule has 1 unspecified atom stereocenters. The molecule has 0 saturated heterocycles. The van der Waals surface area contributed by atoms with Gasteiger partial charge in [0.15, 0.2) is 0 Å². The zero-order chi connectivity index (χ0) is 9.97. The number of hydrogen-bond acceptors (Lipinski definition) is 2. The highest BCUT2D eigenvalue weighted by Gasteiger charge is 2.28. The minimum absolute atomic E-state index is 0.412. The Labute approximate surface area is 85.3 Å². The van der Waals surface area contributed by atoms with Crippen LogP contribution in [0.5, 0.6) is 0 Å². The van der Waals surface area contributed by atoms with Crippen molar-refractivity contribution in [2.75, 3.05) is 0 Å². The van der Waals surface area contributed by atoms with Crippen LogP contribution in [-0.4, -0.2) is 15.8 Å². The van der Waals surface area contributed by atoms with Gasteiger partial charge < -0.3 is 5.73 Å². The van der Waals surface area contributed by atoms with E-state index in [4.69, 9.17) is 5.73 Å². The predicted octanol–water partition coefficient (Wildman–Crippen LogP) is 1.57. The third-order valence-corrected chi connectivity index (χ3v) is 3.07. The Kier molecular flexibility index (Phi) is 2.87. The van der Waals surface area contributed by atoms with Crippen molar-refractivity contribution in [3.8, 4) is 0 Å². The van der Waals surface area contributed by atoms with Gasteiger partial charge in [0.1, 0.15) is 0 Å². The monoisotopic (exact) mass is 193 g/mol. The Morgan fingerprint density at radius 3 is 3.07 bits per heavy atom. The van der Waals surface area contributed by atoms with Gasteiger partial charge in [0.2, 0.25) is 0 Å². The molecule has 3 heteroatoms. The van der Waals surface area contributed by atoms with Crippen LogP contribution < -0.4 is 5.73 Å². The van der Waals surface area contributed by atoms with E-state index in [9.17, 15) is 0 Å². The average Bonchev–Trinajstić information content (AvgIpc) is 2.94. The van der Waals surface area contributed by atoms with E-state index in [1.54, 1.807) is 0 Å². The number of aryl methyl sites for hydroxylation is 2. The first-order chi connectivity index (χ1) is 6.81. The highest BCUT2D eigenvalue weighted by molar-refractivity contribution is 5.01. The average molecular weight is 193 g/mol. The van der Waals surface area contributed by atoms with Crippen LogP contribution >= 0.6 is 0 Å². The van der Waals surface area contributed by atoms with Crippen molar-refractivity contribution >= 4 is 0 Å². The maximum absolute atomic E-state index is 6.06. The molecule has 1 aromatic rings. The van der Waals surface area contributed by atoms with Gasteiger partial charge in [-0.1, -0.05) is 0 Å². The Bertz CT molecular complexity index is 288. The van der Waals surface area contributed by atoms with E-state index in [-0.39, 0.29) is 0 Å². The minimum Gasteiger partial charge on any atom is -0.327 e. The van der Waals surface area contributed by atoms with E-state index in [1.807, 2.05) is 6.20 Å². The quantitative estimate of drug-likeness (QED) is 0.771. The summed E-state index contributed by atoms with van der Waals surface area (Å²) in [7, 11) is 0. The Morgan fingerprint density at radius 1 is 1.64 bits per heavy atom. The molecule has 2 rings (SSSR count). The second-order valence-corrected chi connectivity index (χ2v) is 4.18. The first-order valence-electron chi connectivity index (χ1n) is 5.57. The second-order valence-electron chi connectivity index (χ2n) is 4.18. The molecule has 0 amide bonds. The minimum atomic E-state index is 0.412. The third-order valence-electron chi connectivity index (χ3n) is 3.07. The summed E-state index contributed by atoms with van der Waals surface area (Å²) in [6.45, 7) is 3.08. The van der Waals surface area contributed by atoms with Gasteiger partial charge >= 0.3 is 0 Å². The van der Waals surface area contributed by atoms with Crippen molar-refractivity contribution in [1.82, 2.24) is 9.78 Å². The second kappa shape index (κ2) is 4.13. The molecule has 2 N–H and O–H groups in total. The molecule has 1 heterocycles. The fraction of sp³-hybridized carbons (Fsp3) is 0.727. The lowest BCUT2D eigenvalue weighted by Crippen LogP contribution is -2.23. The standard InChI is InChI=1S/C11H19N3/c1-2-14-10(7-8-13-14)5-6-11(12)9-3-4-9/h7-9,11H,2-6,12H2,1H3. The maximum atomic E-state index is 6.06. The van der Waals surface area contributed by atoms with Crippen molar-refractivity contribution in [2.24, 2.45) is 11.7 Å². The van der Waals surface area contributed by atoms with Crippen molar-refractivity contribution in [2.45, 2.75) is 45.2 Å². The van der Waals surface area contributed by atoms with Crippen LogP contribution in [0.15, 0.2) is 12.3 Å². The first-order valence-corrected chi connectivity index (χ1v) is 5.57. The zero-order valence-corrected chi connectivity index (χ0v) is 8.82. The molecular formula is C11H19N3. The number of aromatic nitrogens is 2. The van der Waals surface area contributed by atoms with Crippen LogP contribution in [0.3, 0.4) is 0 Å². The van der Waals surface area contributed by atoms with Crippen LogP contribution in [-0.2, 0) is 13.0 Å². The van der Waals surface area contributed by atoms with Crippen LogP contribution in [0.1, 0.15) is 31.9 Å². The van der Waals surface area contributed by atoms with Gasteiger partial charge in [-0.3, -0.25) is 4.68 Å². The summed E-state index contributed by atoms with van der Waals surface area (Å²) in [5, 5.41) is 4.25. The van der Waals surface area contributed by atoms with E-state index in [1.165, 1.54) is 18.5 Å². The van der Waals surface area contributed by atoms with Gasteiger partial charge in [0.25, 0.3) is 0 Å². The summed E-state index contributed by atoms with van der Waals surface area (Å²) in [5.41, 5.74) is 7.38. The lowest BCUT2D eigenvalue weighted by atomic mass is 10.1. The predicted molar refractivity (Wildman–Crippen MR) is 56.9 cm³/mol. The molecule has 1 aliphatic carbocycles. The number of nitrogens with zero attached hydrogens (tertiary/aromatic N) is 2. The summed E-state index contributed by atoms with van der Waals surface area (Å²) in [6.07, 6.45) is 6.74. The molecule has 1 saturated carbocycles.